The molecule has 0 fully saturated rings. The fourth-order valence-electron chi connectivity index (χ4n) is 1.85. The smallest absolute Gasteiger partial charge is 0.176 e. The van der Waals surface area contributed by atoms with Gasteiger partial charge in [0.15, 0.2) is 5.78 Å². The Morgan fingerprint density at radius 3 is 3.07 bits per heavy atom. The van der Waals surface area contributed by atoms with Gasteiger partial charge in [0.1, 0.15) is 5.75 Å². The van der Waals surface area contributed by atoms with E-state index in [-0.39, 0.29) is 12.3 Å². The van der Waals surface area contributed by atoms with Gasteiger partial charge in [0.2, 0.25) is 0 Å². The van der Waals surface area contributed by atoms with Gasteiger partial charge < -0.3 is 10.5 Å². The van der Waals surface area contributed by atoms with Gasteiger partial charge in [-0.3, -0.25) is 4.79 Å². The Kier molecular flexibility index (Phi) is 2.25. The molecule has 14 heavy (non-hydrogen) atoms. The van der Waals surface area contributed by atoms with Gasteiger partial charge in [-0.05, 0) is 24.6 Å². The maximum atomic E-state index is 11.5. The number of ether oxygens (including phenoxy) is 1. The molecule has 1 aliphatic heterocycles. The second kappa shape index (κ2) is 3.42. The van der Waals surface area contributed by atoms with Gasteiger partial charge in [0, 0.05) is 17.5 Å². The van der Waals surface area contributed by atoms with Gasteiger partial charge in [-0.25, -0.2) is 0 Å². The molecule has 0 bridgehead atoms. The highest BCUT2D eigenvalue weighted by Gasteiger charge is 2.18. The first-order valence-electron chi connectivity index (χ1n) is 4.72. The standard InChI is InChI=1S/C11H13NO2/c1-7-8(10(13)6-12)2-3-11-9(7)4-5-14-11/h2-3H,4-6,12H2,1H3. The molecule has 3 heteroatoms. The summed E-state index contributed by atoms with van der Waals surface area (Å²) in [6, 6.07) is 3.66. The number of ketones is 1. The van der Waals surface area contributed by atoms with Crippen LogP contribution in [-0.4, -0.2) is 18.9 Å². The SMILES string of the molecule is Cc1c(C(=O)CN)ccc2c1CCO2. The summed E-state index contributed by atoms with van der Waals surface area (Å²) in [6.07, 6.45) is 0.896. The summed E-state index contributed by atoms with van der Waals surface area (Å²) >= 11 is 0. The number of hydrogen-bond donors (Lipinski definition) is 1. The number of hydrogen-bond acceptors (Lipinski definition) is 3. The predicted molar refractivity (Wildman–Crippen MR) is 53.8 cm³/mol. The van der Waals surface area contributed by atoms with Crippen LogP contribution in [0, 0.1) is 6.92 Å². The molecule has 2 N–H and O–H groups in total. The molecular formula is C11H13NO2. The number of benzene rings is 1. The van der Waals surface area contributed by atoms with E-state index >= 15 is 0 Å². The van der Waals surface area contributed by atoms with Crippen molar-refractivity contribution in [3.8, 4) is 5.75 Å². The lowest BCUT2D eigenvalue weighted by Gasteiger charge is -2.07. The molecule has 0 saturated carbocycles. The third-order valence-corrected chi connectivity index (χ3v) is 2.65. The zero-order chi connectivity index (χ0) is 10.1. The minimum absolute atomic E-state index is 0.00259. The van der Waals surface area contributed by atoms with Crippen molar-refractivity contribution in [2.24, 2.45) is 5.73 Å². The largest absolute Gasteiger partial charge is 0.493 e. The van der Waals surface area contributed by atoms with Crippen molar-refractivity contribution >= 4 is 5.78 Å². The molecule has 0 amide bonds. The highest BCUT2D eigenvalue weighted by molar-refractivity contribution is 5.99. The summed E-state index contributed by atoms with van der Waals surface area (Å²) < 4.78 is 5.41. The number of fused-ring (bicyclic) bond motifs is 1. The van der Waals surface area contributed by atoms with E-state index in [1.807, 2.05) is 13.0 Å². The maximum absolute atomic E-state index is 11.5. The third kappa shape index (κ3) is 1.30. The van der Waals surface area contributed by atoms with Crippen LogP contribution in [0.2, 0.25) is 0 Å². The van der Waals surface area contributed by atoms with E-state index in [1.165, 1.54) is 0 Å². The molecule has 1 aliphatic rings. The first-order chi connectivity index (χ1) is 6.74. The van der Waals surface area contributed by atoms with Crippen LogP contribution in [0.4, 0.5) is 0 Å². The fourth-order valence-corrected chi connectivity index (χ4v) is 1.85. The molecule has 0 unspecified atom stereocenters. The zero-order valence-electron chi connectivity index (χ0n) is 8.17. The topological polar surface area (TPSA) is 52.3 Å². The summed E-state index contributed by atoms with van der Waals surface area (Å²) in [6.45, 7) is 2.74. The molecule has 1 heterocycles. The molecular weight excluding hydrogens is 178 g/mol. The predicted octanol–water partition coefficient (Wildman–Crippen LogP) is 1.07. The molecule has 0 saturated heterocycles. The molecule has 0 spiro atoms. The fraction of sp³-hybridized carbons (Fsp3) is 0.364. The highest BCUT2D eigenvalue weighted by Crippen LogP contribution is 2.30. The molecule has 0 atom stereocenters. The number of carbonyl (C=O) groups is 1. The second-order valence-electron chi connectivity index (χ2n) is 3.44. The second-order valence-corrected chi connectivity index (χ2v) is 3.44. The first-order valence-corrected chi connectivity index (χ1v) is 4.72. The van der Waals surface area contributed by atoms with E-state index < -0.39 is 0 Å². The number of nitrogens with two attached hydrogens (primary N) is 1. The van der Waals surface area contributed by atoms with E-state index in [2.05, 4.69) is 0 Å². The van der Waals surface area contributed by atoms with Crippen LogP contribution in [0.25, 0.3) is 0 Å². The van der Waals surface area contributed by atoms with E-state index in [4.69, 9.17) is 10.5 Å². The van der Waals surface area contributed by atoms with Crippen molar-refractivity contribution in [1.29, 1.82) is 0 Å². The molecule has 3 nitrogen and oxygen atoms in total. The van der Waals surface area contributed by atoms with Crippen LogP contribution in [0.15, 0.2) is 12.1 Å². The average molecular weight is 191 g/mol. The van der Waals surface area contributed by atoms with Crippen molar-refractivity contribution < 1.29 is 9.53 Å². The van der Waals surface area contributed by atoms with E-state index in [0.29, 0.717) is 0 Å². The number of rotatable bonds is 2. The number of Topliss-reactive ketones (excluding diaryl/α,β-unsaturated/α-hetero) is 1. The lowest BCUT2D eigenvalue weighted by Crippen LogP contribution is -2.15. The van der Waals surface area contributed by atoms with Crippen LogP contribution in [0.1, 0.15) is 21.5 Å². The first kappa shape index (κ1) is 9.21. The van der Waals surface area contributed by atoms with Crippen LogP contribution < -0.4 is 10.5 Å². The molecule has 1 aromatic rings. The lowest BCUT2D eigenvalue weighted by atomic mass is 9.98. The van der Waals surface area contributed by atoms with Crippen molar-refractivity contribution in [3.63, 3.8) is 0 Å². The van der Waals surface area contributed by atoms with Gasteiger partial charge in [-0.15, -0.1) is 0 Å². The van der Waals surface area contributed by atoms with Crippen LogP contribution in [-0.2, 0) is 6.42 Å². The Morgan fingerprint density at radius 2 is 2.36 bits per heavy atom. The van der Waals surface area contributed by atoms with Crippen LogP contribution in [0.3, 0.4) is 0 Å². The Bertz CT molecular complexity index is 385. The maximum Gasteiger partial charge on any atom is 0.176 e. The van der Waals surface area contributed by atoms with Crippen molar-refractivity contribution in [3.05, 3.63) is 28.8 Å². The van der Waals surface area contributed by atoms with E-state index in [9.17, 15) is 4.79 Å². The van der Waals surface area contributed by atoms with Crippen molar-refractivity contribution in [2.45, 2.75) is 13.3 Å². The Labute approximate surface area is 82.9 Å². The monoisotopic (exact) mass is 191 g/mol. The molecule has 74 valence electrons. The van der Waals surface area contributed by atoms with Gasteiger partial charge >= 0.3 is 0 Å². The third-order valence-electron chi connectivity index (χ3n) is 2.65. The van der Waals surface area contributed by atoms with E-state index in [0.717, 1.165) is 35.5 Å². The zero-order valence-corrected chi connectivity index (χ0v) is 8.17. The van der Waals surface area contributed by atoms with Gasteiger partial charge in [-0.1, -0.05) is 0 Å². The number of carbonyl (C=O) groups excluding carboxylic acids is 1. The van der Waals surface area contributed by atoms with Gasteiger partial charge in [0.05, 0.1) is 13.2 Å². The molecule has 0 aliphatic carbocycles. The molecule has 1 aromatic carbocycles. The highest BCUT2D eigenvalue weighted by atomic mass is 16.5. The summed E-state index contributed by atoms with van der Waals surface area (Å²) in [5.74, 6) is 0.910. The summed E-state index contributed by atoms with van der Waals surface area (Å²) in [7, 11) is 0. The minimum Gasteiger partial charge on any atom is -0.493 e. The van der Waals surface area contributed by atoms with E-state index in [1.54, 1.807) is 6.07 Å². The van der Waals surface area contributed by atoms with Gasteiger partial charge in [0.25, 0.3) is 0 Å². The van der Waals surface area contributed by atoms with Crippen LogP contribution >= 0.6 is 0 Å². The lowest BCUT2D eigenvalue weighted by molar-refractivity contribution is 0.100. The van der Waals surface area contributed by atoms with Crippen molar-refractivity contribution in [1.82, 2.24) is 0 Å². The quantitative estimate of drug-likeness (QED) is 0.711. The summed E-state index contributed by atoms with van der Waals surface area (Å²) in [5, 5.41) is 0. The Balaban J connectivity index is 2.50. The average Bonchev–Trinajstić information content (AvgIpc) is 2.66. The Hall–Kier alpha value is -1.35. The Morgan fingerprint density at radius 1 is 1.57 bits per heavy atom. The van der Waals surface area contributed by atoms with Gasteiger partial charge in [-0.2, -0.15) is 0 Å². The molecule has 2 rings (SSSR count). The minimum atomic E-state index is -0.00259. The summed E-state index contributed by atoms with van der Waals surface area (Å²) in [5.41, 5.74) is 8.25. The van der Waals surface area contributed by atoms with Crippen LogP contribution in [0.5, 0.6) is 5.75 Å². The molecule has 0 radical (unpaired) electrons. The molecule has 0 aromatic heterocycles. The van der Waals surface area contributed by atoms with Crippen molar-refractivity contribution in [2.75, 3.05) is 13.2 Å². The normalized spacial score (nSPS) is 13.6. The summed E-state index contributed by atoms with van der Waals surface area (Å²) in [4.78, 5) is 11.5.